The monoisotopic (exact) mass is 256 g/mol. The van der Waals surface area contributed by atoms with Crippen molar-refractivity contribution in [3.8, 4) is 0 Å². The Morgan fingerprint density at radius 1 is 1.43 bits per heavy atom. The van der Waals surface area contributed by atoms with E-state index in [1.54, 1.807) is 0 Å². The molecule has 1 aromatic carbocycles. The minimum atomic E-state index is -0.420. The van der Waals surface area contributed by atoms with Gasteiger partial charge in [0.2, 0.25) is 0 Å². The number of hydrogen-bond acceptors (Lipinski definition) is 1. The average molecular weight is 257 g/mol. The maximum Gasteiger partial charge on any atom is 0.154 e. The lowest BCUT2D eigenvalue weighted by Crippen LogP contribution is -2.09. The lowest BCUT2D eigenvalue weighted by atomic mass is 9.80. The van der Waals surface area contributed by atoms with Crippen LogP contribution in [0.3, 0.4) is 0 Å². The first-order valence-corrected chi connectivity index (χ1v) is 5.46. The summed E-state index contributed by atoms with van der Waals surface area (Å²) in [6, 6.07) is 3.34. The van der Waals surface area contributed by atoms with Crippen LogP contribution in [0.5, 0.6) is 0 Å². The van der Waals surface area contributed by atoms with Gasteiger partial charge in [-0.1, -0.05) is 6.42 Å². The Hall–Kier alpha value is -0.700. The second kappa shape index (κ2) is 3.81. The summed E-state index contributed by atoms with van der Waals surface area (Å²) in [7, 11) is 0. The van der Waals surface area contributed by atoms with Gasteiger partial charge in [-0.3, -0.25) is 4.79 Å². The number of carbonyl (C=O) groups excluding carboxylic acids is 1. The van der Waals surface area contributed by atoms with Gasteiger partial charge in [-0.2, -0.15) is 0 Å². The van der Waals surface area contributed by atoms with Gasteiger partial charge in [0, 0.05) is 4.47 Å². The van der Waals surface area contributed by atoms with Gasteiger partial charge in [-0.15, -0.1) is 0 Å². The molecule has 0 bridgehead atoms. The van der Waals surface area contributed by atoms with Gasteiger partial charge >= 0.3 is 0 Å². The number of halogens is 2. The van der Waals surface area contributed by atoms with Crippen LogP contribution in [0.2, 0.25) is 0 Å². The lowest BCUT2D eigenvalue weighted by molar-refractivity contribution is 0.111. The van der Waals surface area contributed by atoms with E-state index in [0.29, 0.717) is 16.7 Å². The molecule has 0 heterocycles. The van der Waals surface area contributed by atoms with E-state index in [9.17, 15) is 9.18 Å². The Balaban J connectivity index is 2.40. The van der Waals surface area contributed by atoms with E-state index >= 15 is 0 Å². The first kappa shape index (κ1) is 9.84. The molecular formula is C11H10BrFO. The molecule has 1 saturated carbocycles. The zero-order valence-electron chi connectivity index (χ0n) is 7.59. The summed E-state index contributed by atoms with van der Waals surface area (Å²) >= 11 is 3.21. The molecule has 2 rings (SSSR count). The Morgan fingerprint density at radius 3 is 2.57 bits per heavy atom. The van der Waals surface area contributed by atoms with Gasteiger partial charge in [-0.05, 0) is 52.4 Å². The van der Waals surface area contributed by atoms with E-state index in [1.165, 1.54) is 12.5 Å². The highest BCUT2D eigenvalue weighted by atomic mass is 79.9. The maximum atomic E-state index is 13.4. The molecule has 1 fully saturated rings. The minimum absolute atomic E-state index is 0.119. The number of aldehydes is 1. The summed E-state index contributed by atoms with van der Waals surface area (Å²) in [6.07, 6.45) is 4.03. The van der Waals surface area contributed by atoms with Crippen LogP contribution in [0.15, 0.2) is 16.6 Å². The first-order valence-electron chi connectivity index (χ1n) is 4.66. The summed E-state index contributed by atoms with van der Waals surface area (Å²) in [5.74, 6) is 0.0674. The topological polar surface area (TPSA) is 17.1 Å². The highest BCUT2D eigenvalue weighted by Crippen LogP contribution is 2.38. The second-order valence-electron chi connectivity index (χ2n) is 3.64. The van der Waals surface area contributed by atoms with E-state index in [4.69, 9.17) is 0 Å². The Bertz CT molecular complexity index is 349. The molecule has 74 valence electrons. The Labute approximate surface area is 90.4 Å². The predicted octanol–water partition coefficient (Wildman–Crippen LogP) is 3.67. The molecule has 0 unspecified atom stereocenters. The first-order chi connectivity index (χ1) is 6.72. The summed E-state index contributed by atoms with van der Waals surface area (Å²) in [5.41, 5.74) is 1.12. The number of carbonyl (C=O) groups is 1. The number of benzene rings is 1. The van der Waals surface area contributed by atoms with Crippen LogP contribution in [-0.2, 0) is 0 Å². The van der Waals surface area contributed by atoms with E-state index in [1.807, 2.05) is 6.07 Å². The van der Waals surface area contributed by atoms with Crippen LogP contribution in [0, 0.1) is 5.82 Å². The van der Waals surface area contributed by atoms with Crippen LogP contribution in [0.25, 0.3) is 0 Å². The third-order valence-electron chi connectivity index (χ3n) is 2.80. The van der Waals surface area contributed by atoms with Crippen molar-refractivity contribution >= 4 is 22.2 Å². The zero-order valence-corrected chi connectivity index (χ0v) is 9.18. The minimum Gasteiger partial charge on any atom is -0.298 e. The van der Waals surface area contributed by atoms with Gasteiger partial charge in [0.25, 0.3) is 0 Å². The summed E-state index contributed by atoms with van der Waals surface area (Å²) < 4.78 is 13.9. The van der Waals surface area contributed by atoms with Crippen molar-refractivity contribution in [2.24, 2.45) is 0 Å². The molecule has 1 aliphatic carbocycles. The third kappa shape index (κ3) is 1.61. The highest BCUT2D eigenvalue weighted by Gasteiger charge is 2.21. The van der Waals surface area contributed by atoms with Crippen molar-refractivity contribution in [1.82, 2.24) is 0 Å². The molecule has 1 aromatic rings. The molecule has 14 heavy (non-hydrogen) atoms. The molecule has 3 heteroatoms. The van der Waals surface area contributed by atoms with Gasteiger partial charge in [0.05, 0.1) is 5.56 Å². The standard InChI is InChI=1S/C11H10BrFO/c12-10-4-8(7-2-1-3-7)5-11(13)9(10)6-14/h4-7H,1-3H2. The van der Waals surface area contributed by atoms with Crippen LogP contribution < -0.4 is 0 Å². The van der Waals surface area contributed by atoms with Crippen LogP contribution >= 0.6 is 15.9 Å². The normalized spacial score (nSPS) is 16.4. The summed E-state index contributed by atoms with van der Waals surface area (Å²) in [4.78, 5) is 10.5. The van der Waals surface area contributed by atoms with Gasteiger partial charge in [0.15, 0.2) is 6.29 Å². The molecular weight excluding hydrogens is 247 g/mol. The molecule has 0 aliphatic heterocycles. The fourth-order valence-electron chi connectivity index (χ4n) is 1.69. The third-order valence-corrected chi connectivity index (χ3v) is 3.45. The largest absolute Gasteiger partial charge is 0.298 e. The van der Waals surface area contributed by atoms with Gasteiger partial charge in [-0.25, -0.2) is 4.39 Å². The lowest BCUT2D eigenvalue weighted by Gasteiger charge is -2.26. The molecule has 1 aliphatic rings. The smallest absolute Gasteiger partial charge is 0.154 e. The number of rotatable bonds is 2. The van der Waals surface area contributed by atoms with E-state index in [2.05, 4.69) is 15.9 Å². The highest BCUT2D eigenvalue weighted by molar-refractivity contribution is 9.10. The van der Waals surface area contributed by atoms with E-state index in [0.717, 1.165) is 18.4 Å². The molecule has 0 amide bonds. The molecule has 0 aromatic heterocycles. The molecule has 0 saturated heterocycles. The fraction of sp³-hybridized carbons (Fsp3) is 0.364. The second-order valence-corrected chi connectivity index (χ2v) is 4.50. The van der Waals surface area contributed by atoms with Crippen LogP contribution in [-0.4, -0.2) is 6.29 Å². The quantitative estimate of drug-likeness (QED) is 0.739. The molecule has 0 N–H and O–H groups in total. The van der Waals surface area contributed by atoms with E-state index < -0.39 is 5.82 Å². The van der Waals surface area contributed by atoms with Crippen LogP contribution in [0.1, 0.15) is 41.1 Å². The van der Waals surface area contributed by atoms with Crippen molar-refractivity contribution in [2.45, 2.75) is 25.2 Å². The molecule has 0 spiro atoms. The SMILES string of the molecule is O=Cc1c(F)cc(C2CCC2)cc1Br. The molecule has 1 nitrogen and oxygen atoms in total. The van der Waals surface area contributed by atoms with Crippen molar-refractivity contribution in [2.75, 3.05) is 0 Å². The van der Waals surface area contributed by atoms with Crippen molar-refractivity contribution in [1.29, 1.82) is 0 Å². The molecule has 0 atom stereocenters. The predicted molar refractivity (Wildman–Crippen MR) is 56.1 cm³/mol. The molecule has 0 radical (unpaired) electrons. The van der Waals surface area contributed by atoms with Crippen LogP contribution in [0.4, 0.5) is 4.39 Å². The Kier molecular flexibility index (Phi) is 2.68. The Morgan fingerprint density at radius 2 is 2.14 bits per heavy atom. The van der Waals surface area contributed by atoms with E-state index in [-0.39, 0.29) is 5.56 Å². The van der Waals surface area contributed by atoms with Crippen molar-refractivity contribution in [3.05, 3.63) is 33.5 Å². The van der Waals surface area contributed by atoms with Gasteiger partial charge < -0.3 is 0 Å². The van der Waals surface area contributed by atoms with Gasteiger partial charge in [0.1, 0.15) is 5.82 Å². The fourth-order valence-corrected chi connectivity index (χ4v) is 2.24. The maximum absolute atomic E-state index is 13.4. The zero-order chi connectivity index (χ0) is 10.1. The van der Waals surface area contributed by atoms with Crippen molar-refractivity contribution in [3.63, 3.8) is 0 Å². The van der Waals surface area contributed by atoms with Crippen molar-refractivity contribution < 1.29 is 9.18 Å². The number of hydrogen-bond donors (Lipinski definition) is 0. The summed E-state index contributed by atoms with van der Waals surface area (Å²) in [6.45, 7) is 0. The summed E-state index contributed by atoms with van der Waals surface area (Å²) in [5, 5.41) is 0. The average Bonchev–Trinajstić information content (AvgIpc) is 2.00.